The Morgan fingerprint density at radius 2 is 2.04 bits per heavy atom. The summed E-state index contributed by atoms with van der Waals surface area (Å²) in [6.07, 6.45) is 11.6. The lowest BCUT2D eigenvalue weighted by Gasteiger charge is -2.11. The molecule has 4 heteroatoms. The topological polar surface area (TPSA) is 52.3 Å². The average Bonchev–Trinajstić information content (AvgIpc) is 2.63. The Labute approximate surface area is 150 Å². The minimum atomic E-state index is -0.294. The Kier molecular flexibility index (Phi) is 7.71. The van der Waals surface area contributed by atoms with Gasteiger partial charge < -0.3 is 9.15 Å². The minimum Gasteiger partial charge on any atom is -0.496 e. The molecular weight excluding hydrogens is 314 g/mol. The molecule has 0 aliphatic heterocycles. The molecule has 2 heterocycles. The van der Waals surface area contributed by atoms with Crippen LogP contribution in [0.25, 0.3) is 0 Å². The zero-order chi connectivity index (χ0) is 18.1. The van der Waals surface area contributed by atoms with Crippen LogP contribution in [-0.4, -0.2) is 12.1 Å². The van der Waals surface area contributed by atoms with Gasteiger partial charge in [-0.25, -0.2) is 4.79 Å². The Balaban J connectivity index is 1.66. The molecule has 2 aromatic heterocycles. The van der Waals surface area contributed by atoms with Gasteiger partial charge in [-0.3, -0.25) is 4.98 Å². The van der Waals surface area contributed by atoms with E-state index in [0.29, 0.717) is 17.2 Å². The molecule has 2 rings (SSSR count). The van der Waals surface area contributed by atoms with Crippen molar-refractivity contribution in [2.45, 2.75) is 58.8 Å². The first-order valence-corrected chi connectivity index (χ1v) is 9.16. The number of ether oxygens (including phenoxy) is 1. The van der Waals surface area contributed by atoms with Gasteiger partial charge >= 0.3 is 5.63 Å². The highest BCUT2D eigenvalue weighted by Crippen LogP contribution is 2.20. The van der Waals surface area contributed by atoms with Crippen molar-refractivity contribution in [3.63, 3.8) is 0 Å². The van der Waals surface area contributed by atoms with Gasteiger partial charge in [0.1, 0.15) is 11.5 Å². The molecule has 4 nitrogen and oxygen atoms in total. The van der Waals surface area contributed by atoms with Crippen molar-refractivity contribution in [3.8, 4) is 5.75 Å². The van der Waals surface area contributed by atoms with E-state index in [4.69, 9.17) is 9.15 Å². The summed E-state index contributed by atoms with van der Waals surface area (Å²) in [5, 5.41) is 0. The zero-order valence-electron chi connectivity index (χ0n) is 15.6. The number of hydrogen-bond donors (Lipinski definition) is 0. The van der Waals surface area contributed by atoms with E-state index in [1.165, 1.54) is 31.2 Å². The molecule has 0 aliphatic carbocycles. The van der Waals surface area contributed by atoms with Crippen LogP contribution in [0, 0.1) is 12.8 Å². The fourth-order valence-electron chi connectivity index (χ4n) is 2.99. The Bertz CT molecular complexity index is 694. The van der Waals surface area contributed by atoms with Crippen LogP contribution >= 0.6 is 0 Å². The second-order valence-corrected chi connectivity index (χ2v) is 6.80. The molecule has 0 spiro atoms. The SMILES string of the molecule is COc1cc(CCC(C)CCCCCc2cccnc2)oc(=O)c1C. The maximum atomic E-state index is 11.8. The van der Waals surface area contributed by atoms with E-state index < -0.39 is 0 Å². The number of hydrogen-bond acceptors (Lipinski definition) is 4. The number of aryl methyl sites for hydroxylation is 2. The van der Waals surface area contributed by atoms with E-state index >= 15 is 0 Å². The molecule has 0 saturated carbocycles. The van der Waals surface area contributed by atoms with E-state index in [1.807, 2.05) is 24.5 Å². The van der Waals surface area contributed by atoms with Crippen LogP contribution in [0.2, 0.25) is 0 Å². The van der Waals surface area contributed by atoms with Gasteiger partial charge in [0.15, 0.2) is 0 Å². The standard InChI is InChI=1S/C21H29NO3/c1-16(8-5-4-6-9-18-10-7-13-22-15-18)11-12-19-14-20(24-3)17(2)21(23)25-19/h7,10,13-16H,4-6,8-9,11-12H2,1-3H3. The average molecular weight is 343 g/mol. The molecule has 25 heavy (non-hydrogen) atoms. The van der Waals surface area contributed by atoms with E-state index in [1.54, 1.807) is 14.0 Å². The van der Waals surface area contributed by atoms with Crippen molar-refractivity contribution < 1.29 is 9.15 Å². The highest BCUT2D eigenvalue weighted by atomic mass is 16.5. The quantitative estimate of drug-likeness (QED) is 0.586. The van der Waals surface area contributed by atoms with Gasteiger partial charge in [0.05, 0.1) is 12.7 Å². The van der Waals surface area contributed by atoms with Gasteiger partial charge in [0.25, 0.3) is 0 Å². The summed E-state index contributed by atoms with van der Waals surface area (Å²) in [4.78, 5) is 15.9. The van der Waals surface area contributed by atoms with Crippen LogP contribution in [0.5, 0.6) is 5.75 Å². The molecule has 0 aliphatic rings. The van der Waals surface area contributed by atoms with Crippen LogP contribution in [0.1, 0.15) is 55.9 Å². The maximum Gasteiger partial charge on any atom is 0.342 e. The molecule has 0 saturated heterocycles. The molecule has 0 aromatic carbocycles. The Hall–Kier alpha value is -2.10. The molecule has 1 atom stereocenters. The molecule has 0 amide bonds. The molecular formula is C21H29NO3. The third kappa shape index (κ3) is 6.37. The van der Waals surface area contributed by atoms with E-state index in [-0.39, 0.29) is 5.63 Å². The van der Waals surface area contributed by atoms with Crippen molar-refractivity contribution in [1.29, 1.82) is 0 Å². The molecule has 0 N–H and O–H groups in total. The first kappa shape index (κ1) is 19.2. The number of nitrogens with zero attached hydrogens (tertiary/aromatic N) is 1. The summed E-state index contributed by atoms with van der Waals surface area (Å²) < 4.78 is 10.6. The van der Waals surface area contributed by atoms with Gasteiger partial charge in [-0.2, -0.15) is 0 Å². The van der Waals surface area contributed by atoms with Crippen LogP contribution in [0.4, 0.5) is 0 Å². The van der Waals surface area contributed by atoms with Crippen molar-refractivity contribution in [2.75, 3.05) is 7.11 Å². The second-order valence-electron chi connectivity index (χ2n) is 6.80. The number of aromatic nitrogens is 1. The number of methoxy groups -OCH3 is 1. The van der Waals surface area contributed by atoms with Crippen LogP contribution in [0.3, 0.4) is 0 Å². The zero-order valence-corrected chi connectivity index (χ0v) is 15.6. The van der Waals surface area contributed by atoms with Gasteiger partial charge in [0, 0.05) is 24.9 Å². The molecule has 0 bridgehead atoms. The molecule has 1 unspecified atom stereocenters. The number of rotatable bonds is 10. The number of unbranched alkanes of at least 4 members (excludes halogenated alkanes) is 2. The van der Waals surface area contributed by atoms with Crippen molar-refractivity contribution in [3.05, 3.63) is 57.9 Å². The highest BCUT2D eigenvalue weighted by Gasteiger charge is 2.10. The monoisotopic (exact) mass is 343 g/mol. The lowest BCUT2D eigenvalue weighted by molar-refractivity contribution is 0.376. The third-order valence-corrected chi connectivity index (χ3v) is 4.68. The fourth-order valence-corrected chi connectivity index (χ4v) is 2.99. The first-order valence-electron chi connectivity index (χ1n) is 9.16. The Morgan fingerprint density at radius 1 is 1.20 bits per heavy atom. The number of pyridine rings is 1. The third-order valence-electron chi connectivity index (χ3n) is 4.68. The summed E-state index contributed by atoms with van der Waals surface area (Å²) in [6, 6.07) is 5.98. The lowest BCUT2D eigenvalue weighted by atomic mass is 9.96. The van der Waals surface area contributed by atoms with Gasteiger partial charge in [-0.15, -0.1) is 0 Å². The van der Waals surface area contributed by atoms with Crippen molar-refractivity contribution >= 4 is 0 Å². The first-order chi connectivity index (χ1) is 12.1. The van der Waals surface area contributed by atoms with E-state index in [9.17, 15) is 4.79 Å². The molecule has 0 radical (unpaired) electrons. The van der Waals surface area contributed by atoms with E-state index in [0.717, 1.165) is 25.0 Å². The Morgan fingerprint density at radius 3 is 2.76 bits per heavy atom. The van der Waals surface area contributed by atoms with E-state index in [2.05, 4.69) is 18.0 Å². The predicted molar refractivity (Wildman–Crippen MR) is 100 cm³/mol. The van der Waals surface area contributed by atoms with Crippen LogP contribution in [-0.2, 0) is 12.8 Å². The largest absolute Gasteiger partial charge is 0.496 e. The van der Waals surface area contributed by atoms with Crippen LogP contribution < -0.4 is 10.4 Å². The summed E-state index contributed by atoms with van der Waals surface area (Å²) in [6.45, 7) is 3.99. The highest BCUT2D eigenvalue weighted by molar-refractivity contribution is 5.30. The summed E-state index contributed by atoms with van der Waals surface area (Å²) in [7, 11) is 1.58. The normalized spacial score (nSPS) is 12.1. The molecule has 2 aromatic rings. The summed E-state index contributed by atoms with van der Waals surface area (Å²) >= 11 is 0. The second kappa shape index (κ2) is 10.0. The fraction of sp³-hybridized carbons (Fsp3) is 0.524. The summed E-state index contributed by atoms with van der Waals surface area (Å²) in [5.41, 5.74) is 1.56. The van der Waals surface area contributed by atoms with Gasteiger partial charge in [-0.05, 0) is 43.7 Å². The predicted octanol–water partition coefficient (Wildman–Crippen LogP) is 4.72. The van der Waals surface area contributed by atoms with Crippen LogP contribution in [0.15, 0.2) is 39.8 Å². The minimum absolute atomic E-state index is 0.294. The van der Waals surface area contributed by atoms with Gasteiger partial charge in [0.2, 0.25) is 0 Å². The smallest absolute Gasteiger partial charge is 0.342 e. The van der Waals surface area contributed by atoms with Crippen molar-refractivity contribution in [1.82, 2.24) is 4.98 Å². The van der Waals surface area contributed by atoms with Crippen molar-refractivity contribution in [2.24, 2.45) is 5.92 Å². The summed E-state index contributed by atoms with van der Waals surface area (Å²) in [5.74, 6) is 1.96. The molecule has 0 fully saturated rings. The molecule has 136 valence electrons. The van der Waals surface area contributed by atoms with Gasteiger partial charge in [-0.1, -0.05) is 32.3 Å². The lowest BCUT2D eigenvalue weighted by Crippen LogP contribution is -2.08. The maximum absolute atomic E-state index is 11.8.